The summed E-state index contributed by atoms with van der Waals surface area (Å²) in [7, 11) is 4.74. The van der Waals surface area contributed by atoms with Gasteiger partial charge in [-0.15, -0.1) is 6.58 Å². The molecular weight excluding hydrogens is 1940 g/mol. The molecule has 0 unspecified atom stereocenters. The number of alkyl halides is 3. The zero-order valence-corrected chi connectivity index (χ0v) is 85.9. The Bertz CT molecular complexity index is 6440. The minimum atomic E-state index is -2.34. The van der Waals surface area contributed by atoms with Crippen molar-refractivity contribution in [1.29, 1.82) is 0 Å². The molecule has 3 aromatic heterocycles. The summed E-state index contributed by atoms with van der Waals surface area (Å²) in [6, 6.07) is 64.1. The maximum absolute atomic E-state index is 14.9. The highest BCUT2D eigenvalue weighted by atomic mass is 19.1. The predicted octanol–water partition coefficient (Wildman–Crippen LogP) is 12.1. The number of aromatic nitrogens is 6. The van der Waals surface area contributed by atoms with Gasteiger partial charge in [-0.2, -0.15) is 0 Å². The van der Waals surface area contributed by atoms with Gasteiger partial charge < -0.3 is 77.3 Å². The van der Waals surface area contributed by atoms with Gasteiger partial charge in [0.15, 0.2) is 48.3 Å². The first kappa shape index (κ1) is 114. The zero-order valence-electron chi connectivity index (χ0n) is 85.9. The first-order chi connectivity index (χ1) is 72.2. The molecule has 150 heavy (non-hydrogen) atoms. The van der Waals surface area contributed by atoms with Crippen molar-refractivity contribution in [2.45, 2.75) is 236 Å². The number of hydrogen-bond donors (Lipinski definition) is 4. The van der Waals surface area contributed by atoms with Crippen molar-refractivity contribution in [3.05, 3.63) is 370 Å². The Morgan fingerprint density at radius 1 is 0.373 bits per heavy atom. The lowest BCUT2D eigenvalue weighted by Crippen LogP contribution is -2.57. The number of ketones is 2. The van der Waals surface area contributed by atoms with Gasteiger partial charge in [0.1, 0.15) is 71.9 Å². The van der Waals surface area contributed by atoms with Crippen LogP contribution in [0.3, 0.4) is 0 Å². The highest BCUT2D eigenvalue weighted by Gasteiger charge is 2.63. The van der Waals surface area contributed by atoms with Gasteiger partial charge in [-0.1, -0.05) is 219 Å². The third kappa shape index (κ3) is 24.6. The average molecular weight is 2080 g/mol. The van der Waals surface area contributed by atoms with Crippen molar-refractivity contribution in [3.63, 3.8) is 0 Å². The Labute approximate surface area is 866 Å². The molecule has 802 valence electrons. The van der Waals surface area contributed by atoms with E-state index in [-0.39, 0.29) is 112 Å². The van der Waals surface area contributed by atoms with Crippen LogP contribution in [-0.2, 0) is 108 Å². The van der Waals surface area contributed by atoms with Crippen LogP contribution in [-0.4, -0.2) is 213 Å². The minimum Gasteiger partial charge on any atom is -0.497 e. The van der Waals surface area contributed by atoms with E-state index < -0.39 is 150 Å². The quantitative estimate of drug-likeness (QED) is 0.0209. The van der Waals surface area contributed by atoms with Crippen LogP contribution in [0.15, 0.2) is 297 Å². The highest BCUT2D eigenvalue weighted by molar-refractivity contribution is 6.07. The molecule has 10 heterocycles. The van der Waals surface area contributed by atoms with Gasteiger partial charge in [-0.25, -0.2) is 27.6 Å². The molecule has 0 saturated carbocycles. The highest BCUT2D eigenvalue weighted by Crippen LogP contribution is 2.51. The van der Waals surface area contributed by atoms with Crippen LogP contribution in [0.4, 0.5) is 13.2 Å². The first-order valence-corrected chi connectivity index (χ1v) is 50.1. The van der Waals surface area contributed by atoms with E-state index in [2.05, 4.69) is 13.5 Å². The number of benzene rings is 7. The lowest BCUT2D eigenvalue weighted by molar-refractivity contribution is -0.178. The van der Waals surface area contributed by atoms with Gasteiger partial charge in [-0.05, 0) is 113 Å². The molecule has 4 N–H and O–H groups in total. The summed E-state index contributed by atoms with van der Waals surface area (Å²) in [5.41, 5.74) is -3.82. The number of aliphatic hydroxyl groups is 4. The van der Waals surface area contributed by atoms with Crippen LogP contribution < -0.4 is 48.0 Å². The lowest BCUT2D eigenvalue weighted by atomic mass is 9.85. The molecule has 5 saturated heterocycles. The Balaban J connectivity index is 0.000000159. The number of methoxy groups -OCH3 is 3. The fourth-order valence-corrected chi connectivity index (χ4v) is 20.0. The Hall–Kier alpha value is -13.3. The molecule has 37 heteroatoms. The second kappa shape index (κ2) is 51.5. The van der Waals surface area contributed by atoms with Crippen molar-refractivity contribution in [1.82, 2.24) is 37.2 Å². The number of halogens is 3. The van der Waals surface area contributed by atoms with Gasteiger partial charge >= 0.3 is 17.1 Å². The summed E-state index contributed by atoms with van der Waals surface area (Å²) in [4.78, 5) is 127. The summed E-state index contributed by atoms with van der Waals surface area (Å²) in [6.07, 6.45) is 4.20. The molecule has 0 radical (unpaired) electrons. The second-order valence-corrected chi connectivity index (χ2v) is 38.0. The Morgan fingerprint density at radius 3 is 0.993 bits per heavy atom. The number of carbonyl (C=O) groups is 4. The zero-order chi connectivity index (χ0) is 108. The molecule has 2 amide bonds. The number of amides is 2. The lowest BCUT2D eigenvalue weighted by Gasteiger charge is -2.39. The summed E-state index contributed by atoms with van der Waals surface area (Å²) in [5.74, 6) is -0.498. The first-order valence-electron chi connectivity index (χ1n) is 50.1. The van der Waals surface area contributed by atoms with Gasteiger partial charge in [0.2, 0.25) is 11.8 Å². The molecule has 0 aliphatic carbocycles. The van der Waals surface area contributed by atoms with E-state index in [1.165, 1.54) is 72.2 Å². The van der Waals surface area contributed by atoms with E-state index in [1.807, 2.05) is 194 Å². The van der Waals surface area contributed by atoms with E-state index in [0.29, 0.717) is 43.1 Å². The molecule has 7 aliphatic heterocycles. The number of hydrogen-bond acceptors (Lipinski definition) is 26. The van der Waals surface area contributed by atoms with Crippen molar-refractivity contribution >= 4 is 23.4 Å². The maximum atomic E-state index is 14.9. The topological polar surface area (TPSA) is 398 Å². The van der Waals surface area contributed by atoms with Crippen molar-refractivity contribution in [3.8, 4) is 17.2 Å². The Kier molecular flexibility index (Phi) is 39.1. The van der Waals surface area contributed by atoms with Crippen LogP contribution in [0.2, 0.25) is 0 Å². The molecule has 20 atom stereocenters. The van der Waals surface area contributed by atoms with E-state index in [4.69, 9.17) is 61.9 Å². The number of ether oxygens (including phenoxy) is 12. The standard InChI is InChI=1S/C28H32N2O5.C27H31FN2O5.C27H32N2O6.C20H24FNO4.C11H14FNO6/c1-5-24-20(3)28(6-2,34-19-22-10-8-7-9-11-22)26(35-24)29-17-16-25(31)30(27(29)32)18-21-12-14-23(33-4)15-13-21;1-4-23-19(2)27(18-28,34-17-21-8-6-5-7-9-21)25(35-23)29-15-14-24(31)30(26(29)32)16-20-10-12-22(33-3)13-11-20;1-4-23-19(2)27(18-30,34-17-21-8-6-5-7-9-21)25(35-23)28-15-14-24(31)29(26(28)32)16-20-10-12-22(33-3)13-11-20;1-3-17-14(2)20(13-21,25-12-15-7-5-4-6-8-15)19(26-17)22-10-9-16(23)11-18(22)24;12-5-11(18)9(17)7(4-14)19-10(11)13-2-1-6(15)3-8(13)16/h6-17,20,24,26H,2,5,18-19H2,1,3-4H3;5-15,19,23,25H,4,16-18H2,1-3H3;5-15,19,23,25,30H,4,16-18H2,1-3H3;4-10,14,17,19H,3,11-13H2,1-2H3;1-2,7,9-10,14,17-18H,3-5H2/t20-,24-,26-,28-;2*19-,23-,25-,27-;14-,17-,19-,20-;7-,9-,10-,11-/m11111/s1. The van der Waals surface area contributed by atoms with Gasteiger partial charge in [0.05, 0.1) is 118 Å². The third-order valence-corrected chi connectivity index (χ3v) is 29.2. The maximum Gasteiger partial charge on any atom is 0.333 e. The monoisotopic (exact) mass is 2070 g/mol. The second-order valence-electron chi connectivity index (χ2n) is 38.0. The van der Waals surface area contributed by atoms with Crippen molar-refractivity contribution in [2.24, 2.45) is 23.7 Å². The van der Waals surface area contributed by atoms with Gasteiger partial charge in [-0.3, -0.25) is 70.8 Å². The van der Waals surface area contributed by atoms with Crippen LogP contribution in [0.25, 0.3) is 0 Å². The fraction of sp³-hybridized carbons (Fsp3) is 0.434. The number of allylic oxidation sites excluding steroid dienone is 2. The molecule has 17 rings (SSSR count). The van der Waals surface area contributed by atoms with E-state index in [1.54, 1.807) is 75.9 Å². The summed E-state index contributed by atoms with van der Waals surface area (Å²) < 4.78 is 121. The van der Waals surface area contributed by atoms with Crippen molar-refractivity contribution in [2.75, 3.05) is 54.6 Å². The smallest absolute Gasteiger partial charge is 0.333 e. The van der Waals surface area contributed by atoms with Crippen LogP contribution in [0.1, 0.15) is 152 Å². The summed E-state index contributed by atoms with van der Waals surface area (Å²) >= 11 is 0. The number of rotatable bonds is 36. The molecule has 34 nitrogen and oxygen atoms in total. The third-order valence-electron chi connectivity index (χ3n) is 29.2. The number of carbonyl (C=O) groups excluding carboxylic acids is 4. The molecule has 0 bridgehead atoms. The Morgan fingerprint density at radius 2 is 0.673 bits per heavy atom. The normalized spacial score (nSPS) is 27.2. The van der Waals surface area contributed by atoms with E-state index in [9.17, 15) is 76.4 Å². The van der Waals surface area contributed by atoms with Gasteiger partial charge in [0, 0.05) is 72.9 Å². The number of nitrogens with zero attached hydrogens (tertiary/aromatic N) is 8. The predicted molar refractivity (Wildman–Crippen MR) is 548 cm³/mol. The fourth-order valence-electron chi connectivity index (χ4n) is 20.0. The number of aliphatic hydroxyl groups excluding tert-OH is 3. The largest absolute Gasteiger partial charge is 0.497 e. The van der Waals surface area contributed by atoms with Crippen LogP contribution >= 0.6 is 0 Å². The SMILES string of the molecule is C=C[C@@]1(OCc2ccccc2)[C@H](C)[C@@H](CC)O[C@H]1n1ccc(=O)n(Cc2ccc(OC)cc2)c1=O.CC[C@H]1O[C@@H](N2C=CC(=O)CC2=O)[C@](CF)(OCc2ccccc2)[C@@H]1C.CC[C@H]1O[C@@H](n2ccc(=O)n(Cc3ccc(OC)cc3)c2=O)[C@](CF)(OCc2ccccc2)[C@@H]1C.CC[C@H]1O[C@@H](n2ccc(=O)n(Cc3ccc(OC)cc3)c2=O)[C@](CO)(OCc2ccccc2)[C@@H]1C.O=C1C=CN([C@@H]2O[C@H](CO)[C@@H](O)[C@]2(O)CF)C(=O)C1. The molecule has 7 aromatic carbocycles. The molecule has 0 spiro atoms. The molecular formula is C113H133F3N8O26. The van der Waals surface area contributed by atoms with Crippen LogP contribution in [0, 0.1) is 23.7 Å². The van der Waals surface area contributed by atoms with Gasteiger partial charge in [0.25, 0.3) is 16.7 Å². The minimum absolute atomic E-state index is 0.0624. The summed E-state index contributed by atoms with van der Waals surface area (Å²) in [6.45, 7) is 17.1. The van der Waals surface area contributed by atoms with E-state index in [0.717, 1.165) is 71.7 Å². The molecule has 5 fully saturated rings. The van der Waals surface area contributed by atoms with Crippen molar-refractivity contribution < 1.29 is 110 Å². The average Bonchev–Trinajstić information content (AvgIpc) is 1.57. The van der Waals surface area contributed by atoms with Crippen LogP contribution in [0.5, 0.6) is 17.2 Å². The summed E-state index contributed by atoms with van der Waals surface area (Å²) in [5, 5.41) is 39.4. The van der Waals surface area contributed by atoms with E-state index >= 15 is 0 Å². The molecule has 10 aromatic rings. The molecule has 7 aliphatic rings.